The van der Waals surface area contributed by atoms with Crippen LogP contribution in [0.2, 0.25) is 0 Å². The van der Waals surface area contributed by atoms with Crippen LogP contribution in [0.15, 0.2) is 0 Å². The highest BCUT2D eigenvalue weighted by Crippen LogP contribution is 2.59. The molecule has 5 aliphatic rings. The van der Waals surface area contributed by atoms with Crippen molar-refractivity contribution in [3.8, 4) is 0 Å². The number of rotatable bonds is 2. The molecule has 0 heteroatoms. The van der Waals surface area contributed by atoms with Gasteiger partial charge in [-0.15, -0.1) is 0 Å². The fourth-order valence-corrected chi connectivity index (χ4v) is 9.23. The lowest BCUT2D eigenvalue weighted by atomic mass is 9.49. The summed E-state index contributed by atoms with van der Waals surface area (Å²) in [5.74, 6) is 9.14. The van der Waals surface area contributed by atoms with E-state index in [0.717, 1.165) is 47.3 Å². The van der Waals surface area contributed by atoms with Gasteiger partial charge in [0.15, 0.2) is 0 Å². The molecule has 5 fully saturated rings. The molecule has 7 atom stereocenters. The molecule has 0 aromatic heterocycles. The minimum absolute atomic E-state index is 1.13. The Hall–Kier alpha value is 0. The molecule has 0 amide bonds. The van der Waals surface area contributed by atoms with Crippen molar-refractivity contribution in [3.63, 3.8) is 0 Å². The molecule has 0 nitrogen and oxygen atoms in total. The van der Waals surface area contributed by atoms with Gasteiger partial charge in [-0.2, -0.15) is 0 Å². The zero-order valence-corrected chi connectivity index (χ0v) is 17.3. The minimum Gasteiger partial charge on any atom is -0.0533 e. The number of hydrogen-bond acceptors (Lipinski definition) is 0. The Morgan fingerprint density at radius 2 is 0.731 bits per heavy atom. The molecule has 26 heavy (non-hydrogen) atoms. The second kappa shape index (κ2) is 8.16. The Bertz CT molecular complexity index is 425. The predicted octanol–water partition coefficient (Wildman–Crippen LogP) is 8.01. The Kier molecular flexibility index (Phi) is 5.67. The summed E-state index contributed by atoms with van der Waals surface area (Å²) in [5, 5.41) is 0. The highest BCUT2D eigenvalue weighted by molar-refractivity contribution is 5.00. The SMILES string of the molecule is C1CCC(C2CCCCC2C2C3CCCCC3C[C@H]3CCCCC23)CC1. The summed E-state index contributed by atoms with van der Waals surface area (Å²) in [5.41, 5.74) is 0. The van der Waals surface area contributed by atoms with E-state index in [1.165, 1.54) is 6.42 Å². The van der Waals surface area contributed by atoms with Crippen molar-refractivity contribution in [2.24, 2.45) is 47.3 Å². The smallest absolute Gasteiger partial charge is 0.0321 e. The van der Waals surface area contributed by atoms with Gasteiger partial charge in [0.2, 0.25) is 0 Å². The van der Waals surface area contributed by atoms with Crippen molar-refractivity contribution in [1.82, 2.24) is 0 Å². The predicted molar refractivity (Wildman–Crippen MR) is 111 cm³/mol. The third kappa shape index (κ3) is 3.41. The van der Waals surface area contributed by atoms with E-state index in [1.807, 2.05) is 0 Å². The molecular weight excluding hydrogens is 312 g/mol. The molecule has 6 unspecified atom stereocenters. The molecule has 5 aliphatic carbocycles. The van der Waals surface area contributed by atoms with Crippen LogP contribution in [0.3, 0.4) is 0 Å². The van der Waals surface area contributed by atoms with E-state index in [1.54, 1.807) is 109 Å². The van der Waals surface area contributed by atoms with Gasteiger partial charge in [0.1, 0.15) is 0 Å². The van der Waals surface area contributed by atoms with Gasteiger partial charge in [-0.25, -0.2) is 0 Å². The van der Waals surface area contributed by atoms with E-state index < -0.39 is 0 Å². The normalized spacial score (nSPS) is 47.8. The van der Waals surface area contributed by atoms with Gasteiger partial charge in [-0.05, 0) is 79.4 Å². The molecule has 0 saturated heterocycles. The average Bonchev–Trinajstić information content (AvgIpc) is 2.72. The average molecular weight is 357 g/mol. The van der Waals surface area contributed by atoms with Crippen LogP contribution in [-0.2, 0) is 0 Å². The van der Waals surface area contributed by atoms with Crippen LogP contribution in [0, 0.1) is 47.3 Å². The zero-order valence-electron chi connectivity index (χ0n) is 17.3. The van der Waals surface area contributed by atoms with Crippen molar-refractivity contribution in [2.45, 2.75) is 116 Å². The lowest BCUT2D eigenvalue weighted by molar-refractivity contribution is -0.0731. The summed E-state index contributed by atoms with van der Waals surface area (Å²) in [6, 6.07) is 0. The summed E-state index contributed by atoms with van der Waals surface area (Å²) in [4.78, 5) is 0. The Labute approximate surface area is 163 Å². The molecule has 0 heterocycles. The first kappa shape index (κ1) is 18.1. The van der Waals surface area contributed by atoms with E-state index >= 15 is 0 Å². The van der Waals surface area contributed by atoms with Gasteiger partial charge >= 0.3 is 0 Å². The van der Waals surface area contributed by atoms with Crippen LogP contribution < -0.4 is 0 Å². The number of hydrogen-bond donors (Lipinski definition) is 0. The second-order valence-corrected chi connectivity index (χ2v) is 11.2. The van der Waals surface area contributed by atoms with Gasteiger partial charge in [0.05, 0.1) is 0 Å². The van der Waals surface area contributed by atoms with E-state index in [0.29, 0.717) is 0 Å². The van der Waals surface area contributed by atoms with E-state index in [2.05, 4.69) is 0 Å². The first-order valence-electron chi connectivity index (χ1n) is 12.9. The third-order valence-corrected chi connectivity index (χ3v) is 10.2. The van der Waals surface area contributed by atoms with Gasteiger partial charge in [-0.1, -0.05) is 83.5 Å². The third-order valence-electron chi connectivity index (χ3n) is 10.2. The highest BCUT2D eigenvalue weighted by atomic mass is 14.6. The molecule has 0 spiro atoms. The van der Waals surface area contributed by atoms with Crippen LogP contribution in [-0.4, -0.2) is 0 Å². The van der Waals surface area contributed by atoms with Crippen molar-refractivity contribution >= 4 is 0 Å². The maximum atomic E-state index is 1.65. The first-order chi connectivity index (χ1) is 12.9. The molecule has 5 rings (SSSR count). The van der Waals surface area contributed by atoms with Gasteiger partial charge in [0.25, 0.3) is 0 Å². The lowest BCUT2D eigenvalue weighted by Gasteiger charge is -2.57. The van der Waals surface area contributed by atoms with Crippen molar-refractivity contribution in [3.05, 3.63) is 0 Å². The van der Waals surface area contributed by atoms with E-state index in [9.17, 15) is 0 Å². The van der Waals surface area contributed by atoms with Gasteiger partial charge < -0.3 is 0 Å². The van der Waals surface area contributed by atoms with Crippen LogP contribution in [0.1, 0.15) is 116 Å². The standard InChI is InChI=1S/C26H44/c1-2-10-19(11-3-1)22-14-8-9-17-25(22)26-23-15-6-4-12-20(23)18-21-13-5-7-16-24(21)26/h19-26H,1-18H2/t20-,21?,22?,23?,24?,25?,26?/m1/s1. The fraction of sp³-hybridized carbons (Fsp3) is 1.00. The molecule has 0 radical (unpaired) electrons. The monoisotopic (exact) mass is 356 g/mol. The van der Waals surface area contributed by atoms with E-state index in [-0.39, 0.29) is 0 Å². The maximum absolute atomic E-state index is 1.65. The molecule has 0 N–H and O–H groups in total. The molecule has 5 saturated carbocycles. The van der Waals surface area contributed by atoms with Crippen molar-refractivity contribution < 1.29 is 0 Å². The molecular formula is C26H44. The molecule has 0 aliphatic heterocycles. The van der Waals surface area contributed by atoms with Crippen molar-refractivity contribution in [2.75, 3.05) is 0 Å². The van der Waals surface area contributed by atoms with Crippen molar-refractivity contribution in [1.29, 1.82) is 0 Å². The Balaban J connectivity index is 1.42. The molecule has 0 aromatic rings. The minimum atomic E-state index is 1.13. The largest absolute Gasteiger partial charge is 0.0533 e. The van der Waals surface area contributed by atoms with Crippen LogP contribution >= 0.6 is 0 Å². The topological polar surface area (TPSA) is 0 Å². The quantitative estimate of drug-likeness (QED) is 0.470. The van der Waals surface area contributed by atoms with Crippen LogP contribution in [0.5, 0.6) is 0 Å². The summed E-state index contributed by atoms with van der Waals surface area (Å²) in [6.45, 7) is 0. The summed E-state index contributed by atoms with van der Waals surface area (Å²) >= 11 is 0. The van der Waals surface area contributed by atoms with Gasteiger partial charge in [-0.3, -0.25) is 0 Å². The lowest BCUT2D eigenvalue weighted by Crippen LogP contribution is -2.49. The summed E-state index contributed by atoms with van der Waals surface area (Å²) in [7, 11) is 0. The maximum Gasteiger partial charge on any atom is -0.0321 e. The first-order valence-corrected chi connectivity index (χ1v) is 12.9. The Morgan fingerprint density at radius 1 is 0.308 bits per heavy atom. The second-order valence-electron chi connectivity index (χ2n) is 11.2. The molecule has 0 bridgehead atoms. The van der Waals surface area contributed by atoms with Crippen LogP contribution in [0.4, 0.5) is 0 Å². The summed E-state index contributed by atoms with van der Waals surface area (Å²) in [6.07, 6.45) is 28.5. The highest BCUT2D eigenvalue weighted by Gasteiger charge is 2.50. The molecule has 0 aromatic carbocycles. The summed E-state index contributed by atoms with van der Waals surface area (Å²) < 4.78 is 0. The van der Waals surface area contributed by atoms with E-state index in [4.69, 9.17) is 0 Å². The zero-order chi connectivity index (χ0) is 17.3. The fourth-order valence-electron chi connectivity index (χ4n) is 9.23. The molecule has 148 valence electrons. The Morgan fingerprint density at radius 3 is 1.35 bits per heavy atom. The number of fused-ring (bicyclic) bond motifs is 2. The van der Waals surface area contributed by atoms with Crippen LogP contribution in [0.25, 0.3) is 0 Å². The van der Waals surface area contributed by atoms with Gasteiger partial charge in [0, 0.05) is 0 Å².